The first-order chi connectivity index (χ1) is 16.5. The fourth-order valence-corrected chi connectivity index (χ4v) is 5.68. The van der Waals surface area contributed by atoms with Crippen molar-refractivity contribution in [1.29, 1.82) is 0 Å². The van der Waals surface area contributed by atoms with Crippen LogP contribution in [-0.4, -0.2) is 40.1 Å². The van der Waals surface area contributed by atoms with E-state index in [1.54, 1.807) is 4.90 Å². The van der Waals surface area contributed by atoms with Gasteiger partial charge in [0.05, 0.1) is 18.2 Å². The molecule has 1 N–H and O–H groups in total. The van der Waals surface area contributed by atoms with Crippen LogP contribution in [0.4, 0.5) is 10.5 Å². The van der Waals surface area contributed by atoms with Gasteiger partial charge in [0.1, 0.15) is 6.61 Å². The molecule has 0 aromatic heterocycles. The highest BCUT2D eigenvalue weighted by Gasteiger charge is 2.51. The van der Waals surface area contributed by atoms with Gasteiger partial charge in [0.2, 0.25) is 5.91 Å². The number of carbonyl (C=O) groups excluding carboxylic acids is 2. The maximum atomic E-state index is 13.4. The van der Waals surface area contributed by atoms with Crippen LogP contribution in [0.25, 0.3) is 0 Å². The maximum absolute atomic E-state index is 13.4. The largest absolute Gasteiger partial charge is 0.481 e. The molecule has 0 spiro atoms. The molecule has 3 aliphatic rings. The molecular formula is C27H30N2O5. The quantitative estimate of drug-likeness (QED) is 0.632. The molecule has 0 radical (unpaired) electrons. The zero-order chi connectivity index (χ0) is 23.7. The number of carboxylic acid groups (broad SMARTS) is 1. The lowest BCUT2D eigenvalue weighted by atomic mass is 9.81. The number of anilines is 1. The van der Waals surface area contributed by atoms with E-state index in [0.29, 0.717) is 0 Å². The SMILES string of the molecule is O=C(O)CCC(=O)N(C1CC1)[C@H]1c2ccccc2N(C(=O)OCc2ccccc2)[C@H]2CCC[C@H]21. The summed E-state index contributed by atoms with van der Waals surface area (Å²) in [6.07, 6.45) is 4.12. The third-order valence-corrected chi connectivity index (χ3v) is 7.27. The number of carbonyl (C=O) groups is 3. The van der Waals surface area contributed by atoms with Crippen LogP contribution in [-0.2, 0) is 20.9 Å². The number of para-hydroxylation sites is 1. The van der Waals surface area contributed by atoms with E-state index in [1.165, 1.54) is 0 Å². The smallest absolute Gasteiger partial charge is 0.414 e. The van der Waals surface area contributed by atoms with Crippen molar-refractivity contribution in [1.82, 2.24) is 4.90 Å². The fourth-order valence-electron chi connectivity index (χ4n) is 5.68. The second kappa shape index (κ2) is 9.49. The highest BCUT2D eigenvalue weighted by molar-refractivity contribution is 5.91. The number of ether oxygens (including phenoxy) is 1. The number of hydrogen-bond acceptors (Lipinski definition) is 4. The van der Waals surface area contributed by atoms with E-state index in [1.807, 2.05) is 59.5 Å². The molecular weight excluding hydrogens is 432 g/mol. The summed E-state index contributed by atoms with van der Waals surface area (Å²) >= 11 is 0. The van der Waals surface area contributed by atoms with E-state index in [4.69, 9.17) is 9.84 Å². The summed E-state index contributed by atoms with van der Waals surface area (Å²) in [5.41, 5.74) is 2.69. The van der Waals surface area contributed by atoms with Gasteiger partial charge in [0.25, 0.3) is 0 Å². The standard InChI is InChI=1S/C27H30N2O5/c30-24(15-16-25(31)32)28(19-13-14-19)26-20-9-4-5-11-22(20)29(23-12-6-10-21(23)26)27(33)34-17-18-7-2-1-3-8-18/h1-5,7-9,11,19,21,23,26H,6,10,12-17H2,(H,31,32)/t21-,23+,26+/m1/s1. The van der Waals surface area contributed by atoms with Gasteiger partial charge in [-0.15, -0.1) is 0 Å². The summed E-state index contributed by atoms with van der Waals surface area (Å²) in [5.74, 6) is -0.955. The number of carboxylic acids is 1. The molecule has 2 amide bonds. The van der Waals surface area contributed by atoms with Crippen molar-refractivity contribution in [2.24, 2.45) is 5.92 Å². The van der Waals surface area contributed by atoms with E-state index >= 15 is 0 Å². The van der Waals surface area contributed by atoms with Crippen molar-refractivity contribution in [3.63, 3.8) is 0 Å². The van der Waals surface area contributed by atoms with Crippen LogP contribution in [0.1, 0.15) is 62.1 Å². The molecule has 1 heterocycles. The first-order valence-electron chi connectivity index (χ1n) is 12.2. The predicted molar refractivity (Wildman–Crippen MR) is 126 cm³/mol. The highest BCUT2D eigenvalue weighted by atomic mass is 16.6. The highest BCUT2D eigenvalue weighted by Crippen LogP contribution is 2.52. The third kappa shape index (κ3) is 4.39. The van der Waals surface area contributed by atoms with E-state index in [-0.39, 0.29) is 55.5 Å². The predicted octanol–water partition coefficient (Wildman–Crippen LogP) is 4.91. The lowest BCUT2D eigenvalue weighted by Crippen LogP contribution is -2.53. The second-order valence-electron chi connectivity index (χ2n) is 9.50. The van der Waals surface area contributed by atoms with Crippen LogP contribution in [0.15, 0.2) is 54.6 Å². The number of nitrogens with zero attached hydrogens (tertiary/aromatic N) is 2. The first kappa shape index (κ1) is 22.4. The van der Waals surface area contributed by atoms with Crippen molar-refractivity contribution >= 4 is 23.7 Å². The molecule has 0 bridgehead atoms. The number of hydrogen-bond donors (Lipinski definition) is 1. The van der Waals surface area contributed by atoms with Gasteiger partial charge in [-0.05, 0) is 42.9 Å². The van der Waals surface area contributed by atoms with Crippen molar-refractivity contribution in [2.75, 3.05) is 4.90 Å². The molecule has 2 fully saturated rings. The monoisotopic (exact) mass is 462 g/mol. The van der Waals surface area contributed by atoms with Gasteiger partial charge in [-0.3, -0.25) is 14.5 Å². The van der Waals surface area contributed by atoms with E-state index in [0.717, 1.165) is 48.9 Å². The Bertz CT molecular complexity index is 1070. The van der Waals surface area contributed by atoms with E-state index < -0.39 is 5.97 Å². The molecule has 178 valence electrons. The van der Waals surface area contributed by atoms with Crippen LogP contribution in [0, 0.1) is 5.92 Å². The third-order valence-electron chi connectivity index (χ3n) is 7.27. The molecule has 2 aliphatic carbocycles. The Morgan fingerprint density at radius 3 is 2.41 bits per heavy atom. The average molecular weight is 463 g/mol. The van der Waals surface area contributed by atoms with Gasteiger partial charge in [-0.2, -0.15) is 0 Å². The summed E-state index contributed by atoms with van der Waals surface area (Å²) in [7, 11) is 0. The molecule has 7 heteroatoms. The fraction of sp³-hybridized carbons (Fsp3) is 0.444. The van der Waals surface area contributed by atoms with E-state index in [2.05, 4.69) is 0 Å². The van der Waals surface area contributed by atoms with Crippen LogP contribution >= 0.6 is 0 Å². The summed E-state index contributed by atoms with van der Waals surface area (Å²) in [4.78, 5) is 41.5. The van der Waals surface area contributed by atoms with Gasteiger partial charge in [0, 0.05) is 24.4 Å². The minimum atomic E-state index is -0.959. The molecule has 0 unspecified atom stereocenters. The Balaban J connectivity index is 1.46. The molecule has 0 saturated heterocycles. The number of benzene rings is 2. The summed E-state index contributed by atoms with van der Waals surface area (Å²) in [5, 5.41) is 9.12. The molecule has 2 saturated carbocycles. The molecule has 2 aromatic rings. The Hall–Kier alpha value is -3.35. The Morgan fingerprint density at radius 2 is 1.68 bits per heavy atom. The molecule has 3 atom stereocenters. The van der Waals surface area contributed by atoms with Crippen molar-refractivity contribution in [2.45, 2.75) is 69.7 Å². The van der Waals surface area contributed by atoms with Crippen molar-refractivity contribution < 1.29 is 24.2 Å². The summed E-state index contributed by atoms with van der Waals surface area (Å²) < 4.78 is 5.74. The topological polar surface area (TPSA) is 87.2 Å². The molecule has 1 aliphatic heterocycles. The number of fused-ring (bicyclic) bond motifs is 2. The van der Waals surface area contributed by atoms with Crippen LogP contribution in [0.5, 0.6) is 0 Å². The number of rotatable bonds is 7. The lowest BCUT2D eigenvalue weighted by Gasteiger charge is -2.47. The molecule has 2 aromatic carbocycles. The summed E-state index contributed by atoms with van der Waals surface area (Å²) in [6, 6.07) is 17.4. The zero-order valence-electron chi connectivity index (χ0n) is 19.1. The van der Waals surface area contributed by atoms with Gasteiger partial charge in [-0.1, -0.05) is 55.0 Å². The van der Waals surface area contributed by atoms with Gasteiger partial charge in [0.15, 0.2) is 0 Å². The molecule has 7 nitrogen and oxygen atoms in total. The Morgan fingerprint density at radius 1 is 0.941 bits per heavy atom. The van der Waals surface area contributed by atoms with Gasteiger partial charge >= 0.3 is 12.1 Å². The van der Waals surface area contributed by atoms with Crippen LogP contribution in [0.2, 0.25) is 0 Å². The van der Waals surface area contributed by atoms with Crippen molar-refractivity contribution in [3.05, 3.63) is 65.7 Å². The van der Waals surface area contributed by atoms with Gasteiger partial charge in [-0.25, -0.2) is 4.79 Å². The number of aliphatic carboxylic acids is 1. The average Bonchev–Trinajstić information content (AvgIpc) is 3.57. The Kier molecular flexibility index (Phi) is 6.26. The zero-order valence-corrected chi connectivity index (χ0v) is 19.1. The molecule has 34 heavy (non-hydrogen) atoms. The van der Waals surface area contributed by atoms with Crippen molar-refractivity contribution in [3.8, 4) is 0 Å². The molecule has 5 rings (SSSR count). The van der Waals surface area contributed by atoms with Crippen LogP contribution in [0.3, 0.4) is 0 Å². The minimum absolute atomic E-state index is 0.00468. The van der Waals surface area contributed by atoms with Crippen LogP contribution < -0.4 is 4.90 Å². The maximum Gasteiger partial charge on any atom is 0.414 e. The normalized spacial score (nSPS) is 23.1. The first-order valence-corrected chi connectivity index (χ1v) is 12.2. The Labute approximate surface area is 199 Å². The minimum Gasteiger partial charge on any atom is -0.481 e. The number of amides is 2. The summed E-state index contributed by atoms with van der Waals surface area (Å²) in [6.45, 7) is 0.209. The van der Waals surface area contributed by atoms with Gasteiger partial charge < -0.3 is 14.7 Å². The lowest BCUT2D eigenvalue weighted by molar-refractivity contribution is -0.142. The second-order valence-corrected chi connectivity index (χ2v) is 9.50. The van der Waals surface area contributed by atoms with E-state index in [9.17, 15) is 14.4 Å².